The Kier molecular flexibility index (Phi) is 7.11. The molecule has 0 bridgehead atoms. The Morgan fingerprint density at radius 2 is 0.786 bits per heavy atom. The van der Waals surface area contributed by atoms with Crippen LogP contribution in [0.5, 0.6) is 0 Å². The zero-order valence-electron chi connectivity index (χ0n) is 31.2. The van der Waals surface area contributed by atoms with Crippen LogP contribution in [-0.2, 0) is 10.8 Å². The van der Waals surface area contributed by atoms with Gasteiger partial charge < -0.3 is 0 Å². The predicted molar refractivity (Wildman–Crippen MR) is 229 cm³/mol. The molecule has 0 saturated heterocycles. The number of hydrogen-bond acceptors (Lipinski definition) is 3. The third kappa shape index (κ3) is 4.67. The minimum atomic E-state index is -0.500. The Morgan fingerprint density at radius 3 is 1.48 bits per heavy atom. The van der Waals surface area contributed by atoms with E-state index in [1.807, 2.05) is 18.2 Å². The van der Waals surface area contributed by atoms with Crippen molar-refractivity contribution >= 4 is 10.8 Å². The first-order valence-electron chi connectivity index (χ1n) is 19.4. The fourth-order valence-corrected chi connectivity index (χ4v) is 9.63. The number of rotatable bonds is 4. The zero-order valence-corrected chi connectivity index (χ0v) is 31.2. The minimum Gasteiger partial charge on any atom is -0.208 e. The molecule has 11 rings (SSSR count). The summed E-state index contributed by atoms with van der Waals surface area (Å²) in [5.41, 5.74) is 15.0. The molecule has 0 N–H and O–H groups in total. The van der Waals surface area contributed by atoms with Gasteiger partial charge in [0, 0.05) is 22.1 Å². The lowest BCUT2D eigenvalue weighted by Gasteiger charge is -2.46. The van der Waals surface area contributed by atoms with Gasteiger partial charge in [-0.3, -0.25) is 0 Å². The normalized spacial score (nSPS) is 14.2. The third-order valence-corrected chi connectivity index (χ3v) is 12.2. The zero-order chi connectivity index (χ0) is 37.4. The summed E-state index contributed by atoms with van der Waals surface area (Å²) in [6, 6.07) is 67.8. The first-order chi connectivity index (χ1) is 27.5. The van der Waals surface area contributed by atoms with E-state index in [9.17, 15) is 0 Å². The smallest absolute Gasteiger partial charge is 0.164 e. The van der Waals surface area contributed by atoms with E-state index in [1.54, 1.807) is 0 Å². The summed E-state index contributed by atoms with van der Waals surface area (Å²) in [6.45, 7) is 4.73. The molecule has 1 aromatic heterocycles. The van der Waals surface area contributed by atoms with E-state index in [4.69, 9.17) is 15.0 Å². The van der Waals surface area contributed by atoms with Gasteiger partial charge in [0.1, 0.15) is 0 Å². The maximum atomic E-state index is 5.25. The van der Waals surface area contributed by atoms with Gasteiger partial charge in [-0.05, 0) is 72.5 Å². The highest BCUT2D eigenvalue weighted by Crippen LogP contribution is 2.62. The van der Waals surface area contributed by atoms with Crippen LogP contribution in [0.1, 0.15) is 47.2 Å². The second kappa shape index (κ2) is 12.3. The Morgan fingerprint density at radius 1 is 0.321 bits per heavy atom. The maximum Gasteiger partial charge on any atom is 0.164 e. The molecule has 3 nitrogen and oxygen atoms in total. The predicted octanol–water partition coefficient (Wildman–Crippen LogP) is 12.7. The topological polar surface area (TPSA) is 38.7 Å². The lowest BCUT2D eigenvalue weighted by molar-refractivity contribution is 0.563. The molecule has 0 aliphatic heterocycles. The van der Waals surface area contributed by atoms with Crippen molar-refractivity contribution < 1.29 is 0 Å². The Labute approximate surface area is 327 Å². The standard InChI is InChI=1S/C53H37N3/c1-52(2)44-23-10-12-25-46(44)53(47-26-13-11-24-45(47)52)43-22-9-8-20-41(43)42-32-31-38(33-48(42)53)51-55-49(36-16-4-3-5-17-36)54-50(56-51)37-29-27-35(28-30-37)40-21-14-18-34-15-6-7-19-39(34)40/h3-33H,1-2H3. The van der Waals surface area contributed by atoms with Crippen molar-refractivity contribution in [3.05, 3.63) is 221 Å². The van der Waals surface area contributed by atoms with E-state index >= 15 is 0 Å². The van der Waals surface area contributed by atoms with Crippen LogP contribution in [0.15, 0.2) is 188 Å². The Bertz CT molecular complexity index is 2940. The van der Waals surface area contributed by atoms with Crippen LogP contribution < -0.4 is 0 Å². The first kappa shape index (κ1) is 32.5. The summed E-state index contributed by atoms with van der Waals surface area (Å²) in [5, 5.41) is 2.46. The van der Waals surface area contributed by atoms with Gasteiger partial charge in [-0.2, -0.15) is 0 Å². The lowest BCUT2D eigenvalue weighted by Crippen LogP contribution is -2.40. The van der Waals surface area contributed by atoms with Gasteiger partial charge in [-0.1, -0.05) is 196 Å². The summed E-state index contributed by atoms with van der Waals surface area (Å²) in [7, 11) is 0. The second-order valence-corrected chi connectivity index (χ2v) is 15.5. The molecular weight excluding hydrogens is 679 g/mol. The van der Waals surface area contributed by atoms with Crippen LogP contribution in [-0.4, -0.2) is 15.0 Å². The summed E-state index contributed by atoms with van der Waals surface area (Å²) >= 11 is 0. The van der Waals surface area contributed by atoms with E-state index in [-0.39, 0.29) is 5.41 Å². The molecular formula is C53H37N3. The average molecular weight is 716 g/mol. The molecule has 0 atom stereocenters. The average Bonchev–Trinajstić information content (AvgIpc) is 3.56. The van der Waals surface area contributed by atoms with Gasteiger partial charge >= 0.3 is 0 Å². The molecule has 0 saturated carbocycles. The molecule has 56 heavy (non-hydrogen) atoms. The van der Waals surface area contributed by atoms with Gasteiger partial charge in [-0.25, -0.2) is 15.0 Å². The van der Waals surface area contributed by atoms with Crippen LogP contribution in [0.4, 0.5) is 0 Å². The Balaban J connectivity index is 1.11. The SMILES string of the molecule is CC1(C)c2ccccc2C2(c3ccccc3-c3ccc(-c4nc(-c5ccccc5)nc(-c5ccc(-c6cccc7ccccc67)cc5)n4)cc32)c2ccccc21. The van der Waals surface area contributed by atoms with Gasteiger partial charge in [0.2, 0.25) is 0 Å². The summed E-state index contributed by atoms with van der Waals surface area (Å²) < 4.78 is 0. The monoisotopic (exact) mass is 715 g/mol. The molecule has 1 heterocycles. The van der Waals surface area contributed by atoms with E-state index in [0.29, 0.717) is 17.5 Å². The molecule has 0 amide bonds. The van der Waals surface area contributed by atoms with Crippen LogP contribution in [0.3, 0.4) is 0 Å². The van der Waals surface area contributed by atoms with Crippen molar-refractivity contribution in [2.45, 2.75) is 24.7 Å². The van der Waals surface area contributed by atoms with Gasteiger partial charge in [0.25, 0.3) is 0 Å². The first-order valence-corrected chi connectivity index (χ1v) is 19.4. The fraction of sp³-hybridized carbons (Fsp3) is 0.0755. The molecule has 9 aromatic rings. The number of hydrogen-bond donors (Lipinski definition) is 0. The highest BCUT2D eigenvalue weighted by Gasteiger charge is 2.53. The summed E-state index contributed by atoms with van der Waals surface area (Å²) in [6.07, 6.45) is 0. The molecule has 8 aromatic carbocycles. The number of fused-ring (bicyclic) bond motifs is 10. The van der Waals surface area contributed by atoms with Crippen LogP contribution >= 0.6 is 0 Å². The molecule has 2 aliphatic rings. The summed E-state index contributed by atoms with van der Waals surface area (Å²) in [4.78, 5) is 15.5. The quantitative estimate of drug-likeness (QED) is 0.182. The van der Waals surface area contributed by atoms with Crippen LogP contribution in [0, 0.1) is 0 Å². The Hall–Kier alpha value is -6.97. The van der Waals surface area contributed by atoms with Crippen LogP contribution in [0.2, 0.25) is 0 Å². The number of nitrogens with zero attached hydrogens (tertiary/aromatic N) is 3. The van der Waals surface area contributed by atoms with Crippen molar-refractivity contribution in [3.8, 4) is 56.4 Å². The van der Waals surface area contributed by atoms with E-state index in [1.165, 1.54) is 60.8 Å². The second-order valence-electron chi connectivity index (χ2n) is 15.5. The highest BCUT2D eigenvalue weighted by molar-refractivity contribution is 5.97. The number of benzene rings is 8. The van der Waals surface area contributed by atoms with Gasteiger partial charge in [-0.15, -0.1) is 0 Å². The fourth-order valence-electron chi connectivity index (χ4n) is 9.63. The van der Waals surface area contributed by atoms with E-state index in [2.05, 4.69) is 184 Å². The van der Waals surface area contributed by atoms with Gasteiger partial charge in [0.15, 0.2) is 17.5 Å². The molecule has 0 unspecified atom stereocenters. The van der Waals surface area contributed by atoms with Gasteiger partial charge in [0.05, 0.1) is 5.41 Å². The molecule has 0 fully saturated rings. The maximum absolute atomic E-state index is 5.25. The van der Waals surface area contributed by atoms with Crippen molar-refractivity contribution in [2.75, 3.05) is 0 Å². The van der Waals surface area contributed by atoms with Crippen LogP contribution in [0.25, 0.3) is 67.2 Å². The minimum absolute atomic E-state index is 0.162. The molecule has 2 aliphatic carbocycles. The van der Waals surface area contributed by atoms with E-state index < -0.39 is 5.41 Å². The lowest BCUT2D eigenvalue weighted by atomic mass is 9.55. The van der Waals surface area contributed by atoms with Crippen molar-refractivity contribution in [3.63, 3.8) is 0 Å². The van der Waals surface area contributed by atoms with Crippen molar-refractivity contribution in [1.82, 2.24) is 15.0 Å². The van der Waals surface area contributed by atoms with Crippen molar-refractivity contribution in [1.29, 1.82) is 0 Å². The van der Waals surface area contributed by atoms with E-state index in [0.717, 1.165) is 22.3 Å². The number of aromatic nitrogens is 3. The molecule has 0 radical (unpaired) electrons. The molecule has 264 valence electrons. The largest absolute Gasteiger partial charge is 0.208 e. The highest BCUT2D eigenvalue weighted by atomic mass is 15.0. The summed E-state index contributed by atoms with van der Waals surface area (Å²) in [5.74, 6) is 1.95. The third-order valence-electron chi connectivity index (χ3n) is 12.2. The molecule has 3 heteroatoms. The van der Waals surface area contributed by atoms with Crippen molar-refractivity contribution in [2.24, 2.45) is 0 Å². The molecule has 1 spiro atoms.